The lowest BCUT2D eigenvalue weighted by molar-refractivity contribution is 0.0931. The first-order chi connectivity index (χ1) is 12.0. The lowest BCUT2D eigenvalue weighted by Crippen LogP contribution is -2.30. The highest BCUT2D eigenvalue weighted by atomic mass is 19.1. The van der Waals surface area contributed by atoms with E-state index in [9.17, 15) is 14.3 Å². The molecule has 3 heterocycles. The molecule has 1 atom stereocenters. The zero-order valence-electron chi connectivity index (χ0n) is 13.6. The number of fused-ring (bicyclic) bond motifs is 1. The van der Waals surface area contributed by atoms with E-state index >= 15 is 0 Å². The number of nitrogens with zero attached hydrogens (tertiary/aromatic N) is 4. The number of halogens is 1. The van der Waals surface area contributed by atoms with Crippen LogP contribution in [0.4, 0.5) is 10.2 Å². The molecule has 4 rings (SSSR count). The summed E-state index contributed by atoms with van der Waals surface area (Å²) < 4.78 is 14.6. The Kier molecular flexibility index (Phi) is 3.40. The molecular formula is C18H15FN4O2. The zero-order chi connectivity index (χ0) is 17.7. The van der Waals surface area contributed by atoms with Crippen LogP contribution in [0.3, 0.4) is 0 Å². The van der Waals surface area contributed by atoms with Gasteiger partial charge in [-0.05, 0) is 25.1 Å². The molecule has 1 aliphatic rings. The highest BCUT2D eigenvalue weighted by molar-refractivity contribution is 6.10. The van der Waals surface area contributed by atoms with Crippen molar-refractivity contribution in [1.82, 2.24) is 14.8 Å². The number of carbonyl (C=O) groups excluding carboxylic acids is 1. The minimum atomic E-state index is -1.08. The lowest BCUT2D eigenvalue weighted by Gasteiger charge is -2.21. The number of pyridine rings is 1. The van der Waals surface area contributed by atoms with Crippen molar-refractivity contribution in [1.29, 1.82) is 0 Å². The van der Waals surface area contributed by atoms with E-state index in [0.29, 0.717) is 33.9 Å². The van der Waals surface area contributed by atoms with Crippen LogP contribution in [0.2, 0.25) is 0 Å². The first-order valence-electron chi connectivity index (χ1n) is 7.75. The van der Waals surface area contributed by atoms with E-state index < -0.39 is 12.0 Å². The van der Waals surface area contributed by atoms with Gasteiger partial charge in [0.05, 0.1) is 11.9 Å². The van der Waals surface area contributed by atoms with Crippen LogP contribution in [0.15, 0.2) is 42.6 Å². The molecule has 1 aromatic carbocycles. The van der Waals surface area contributed by atoms with Crippen LogP contribution in [-0.2, 0) is 7.05 Å². The third-order valence-corrected chi connectivity index (χ3v) is 4.38. The van der Waals surface area contributed by atoms with Crippen LogP contribution in [0.1, 0.15) is 27.7 Å². The van der Waals surface area contributed by atoms with Crippen molar-refractivity contribution in [2.75, 3.05) is 4.90 Å². The molecule has 0 aliphatic carbocycles. The number of hydrogen-bond acceptors (Lipinski definition) is 4. The van der Waals surface area contributed by atoms with E-state index in [1.54, 1.807) is 38.2 Å². The Morgan fingerprint density at radius 1 is 1.20 bits per heavy atom. The maximum Gasteiger partial charge on any atom is 0.262 e. The Bertz CT molecular complexity index is 981. The van der Waals surface area contributed by atoms with Gasteiger partial charge in [-0.3, -0.25) is 19.4 Å². The normalized spacial score (nSPS) is 16.4. The summed E-state index contributed by atoms with van der Waals surface area (Å²) in [5.41, 5.74) is 2.75. The van der Waals surface area contributed by atoms with Gasteiger partial charge < -0.3 is 5.11 Å². The standard InChI is InChI=1S/C18H15FN4O2/c1-10-15(14-8-7-11(19)9-20-14)21-22(2)16(10)23-17(24)12-5-3-4-6-13(12)18(23)25/h3-9,17,24H,1-2H3. The van der Waals surface area contributed by atoms with Crippen molar-refractivity contribution in [3.8, 4) is 11.4 Å². The monoisotopic (exact) mass is 338 g/mol. The summed E-state index contributed by atoms with van der Waals surface area (Å²) in [6.07, 6.45) is 0.0429. The zero-order valence-corrected chi connectivity index (χ0v) is 13.6. The number of rotatable bonds is 2. The number of aryl methyl sites for hydroxylation is 1. The molecule has 7 heteroatoms. The topological polar surface area (TPSA) is 71.2 Å². The molecular weight excluding hydrogens is 323 g/mol. The average molecular weight is 338 g/mol. The molecule has 0 saturated carbocycles. The predicted molar refractivity (Wildman–Crippen MR) is 89.3 cm³/mol. The Labute approximate surface area is 143 Å². The SMILES string of the molecule is Cc1c(-c2ccc(F)cn2)nn(C)c1N1C(=O)c2ccccc2C1O. The molecule has 1 unspecified atom stereocenters. The van der Waals surface area contributed by atoms with Gasteiger partial charge in [0.15, 0.2) is 6.23 Å². The minimum Gasteiger partial charge on any atom is -0.369 e. The third kappa shape index (κ3) is 2.24. The minimum absolute atomic E-state index is 0.284. The Balaban J connectivity index is 1.83. The molecule has 25 heavy (non-hydrogen) atoms. The van der Waals surface area contributed by atoms with Crippen molar-refractivity contribution >= 4 is 11.7 Å². The van der Waals surface area contributed by atoms with Gasteiger partial charge in [-0.25, -0.2) is 4.39 Å². The molecule has 2 aromatic heterocycles. The molecule has 1 N–H and O–H groups in total. The fourth-order valence-electron chi connectivity index (χ4n) is 3.23. The quantitative estimate of drug-likeness (QED) is 0.780. The van der Waals surface area contributed by atoms with Gasteiger partial charge in [0.25, 0.3) is 5.91 Å². The fraction of sp³-hybridized carbons (Fsp3) is 0.167. The van der Waals surface area contributed by atoms with E-state index in [2.05, 4.69) is 10.1 Å². The number of aliphatic hydroxyl groups excluding tert-OH is 1. The van der Waals surface area contributed by atoms with Crippen LogP contribution < -0.4 is 4.90 Å². The van der Waals surface area contributed by atoms with Crippen LogP contribution in [0.5, 0.6) is 0 Å². The summed E-state index contributed by atoms with van der Waals surface area (Å²) in [5, 5.41) is 15.0. The largest absolute Gasteiger partial charge is 0.369 e. The number of hydrogen-bond donors (Lipinski definition) is 1. The number of amides is 1. The van der Waals surface area contributed by atoms with Crippen molar-refractivity contribution in [2.45, 2.75) is 13.2 Å². The van der Waals surface area contributed by atoms with E-state index in [4.69, 9.17) is 0 Å². The predicted octanol–water partition coefficient (Wildman–Crippen LogP) is 2.58. The van der Waals surface area contributed by atoms with Gasteiger partial charge in [-0.1, -0.05) is 18.2 Å². The maximum absolute atomic E-state index is 13.1. The number of carbonyl (C=O) groups is 1. The molecule has 3 aromatic rings. The summed E-state index contributed by atoms with van der Waals surface area (Å²) >= 11 is 0. The second-order valence-corrected chi connectivity index (χ2v) is 5.92. The van der Waals surface area contributed by atoms with Crippen LogP contribution in [0.25, 0.3) is 11.4 Å². The molecule has 0 bridgehead atoms. The summed E-state index contributed by atoms with van der Waals surface area (Å²) in [7, 11) is 1.69. The molecule has 0 radical (unpaired) electrons. The smallest absolute Gasteiger partial charge is 0.262 e. The third-order valence-electron chi connectivity index (χ3n) is 4.38. The highest BCUT2D eigenvalue weighted by Gasteiger charge is 2.39. The van der Waals surface area contributed by atoms with Gasteiger partial charge in [0.1, 0.15) is 17.3 Å². The van der Waals surface area contributed by atoms with Gasteiger partial charge in [-0.2, -0.15) is 5.10 Å². The van der Waals surface area contributed by atoms with Crippen LogP contribution in [0, 0.1) is 12.7 Å². The average Bonchev–Trinajstić information content (AvgIpc) is 3.03. The molecule has 0 fully saturated rings. The molecule has 126 valence electrons. The van der Waals surface area contributed by atoms with Crippen LogP contribution >= 0.6 is 0 Å². The fourth-order valence-corrected chi connectivity index (χ4v) is 3.23. The van der Waals surface area contributed by atoms with E-state index in [-0.39, 0.29) is 5.91 Å². The summed E-state index contributed by atoms with van der Waals surface area (Å²) in [5.74, 6) is -0.235. The van der Waals surface area contributed by atoms with Crippen molar-refractivity contribution in [3.05, 3.63) is 65.1 Å². The van der Waals surface area contributed by atoms with Crippen molar-refractivity contribution in [3.63, 3.8) is 0 Å². The second kappa shape index (κ2) is 5.49. The second-order valence-electron chi connectivity index (χ2n) is 5.92. The molecule has 6 nitrogen and oxygen atoms in total. The van der Waals surface area contributed by atoms with Gasteiger partial charge in [-0.15, -0.1) is 0 Å². The van der Waals surface area contributed by atoms with Crippen molar-refractivity contribution < 1.29 is 14.3 Å². The van der Waals surface area contributed by atoms with E-state index in [1.807, 2.05) is 0 Å². The van der Waals surface area contributed by atoms with Crippen molar-refractivity contribution in [2.24, 2.45) is 7.05 Å². The summed E-state index contributed by atoms with van der Waals surface area (Å²) in [4.78, 5) is 18.1. The van der Waals surface area contributed by atoms with E-state index in [0.717, 1.165) is 6.20 Å². The first kappa shape index (κ1) is 15.5. The first-order valence-corrected chi connectivity index (χ1v) is 7.75. The number of anilines is 1. The maximum atomic E-state index is 13.1. The Morgan fingerprint density at radius 3 is 2.64 bits per heavy atom. The molecule has 1 aliphatic heterocycles. The Hall–Kier alpha value is -3.06. The number of aromatic nitrogens is 3. The number of aliphatic hydroxyl groups is 1. The highest BCUT2D eigenvalue weighted by Crippen LogP contribution is 2.39. The Morgan fingerprint density at radius 2 is 1.96 bits per heavy atom. The lowest BCUT2D eigenvalue weighted by atomic mass is 10.1. The van der Waals surface area contributed by atoms with Gasteiger partial charge in [0.2, 0.25) is 0 Å². The molecule has 0 saturated heterocycles. The summed E-state index contributed by atoms with van der Waals surface area (Å²) in [6, 6.07) is 9.80. The summed E-state index contributed by atoms with van der Waals surface area (Å²) in [6.45, 7) is 1.80. The number of benzene rings is 1. The van der Waals surface area contributed by atoms with Gasteiger partial charge >= 0.3 is 0 Å². The van der Waals surface area contributed by atoms with Gasteiger partial charge in [0, 0.05) is 23.7 Å². The molecule has 0 spiro atoms. The molecule has 1 amide bonds. The van der Waals surface area contributed by atoms with Crippen LogP contribution in [-0.4, -0.2) is 25.8 Å². The van der Waals surface area contributed by atoms with E-state index in [1.165, 1.54) is 21.7 Å².